The van der Waals surface area contributed by atoms with Crippen molar-refractivity contribution in [2.24, 2.45) is 0 Å². The molecule has 3 amide bonds. The maximum atomic E-state index is 11.8. The fourth-order valence-electron chi connectivity index (χ4n) is 2.91. The third-order valence-corrected chi connectivity index (χ3v) is 4.40. The first-order valence-corrected chi connectivity index (χ1v) is 6.77. The molecule has 2 atom stereocenters. The van der Waals surface area contributed by atoms with E-state index in [1.165, 1.54) is 5.56 Å². The summed E-state index contributed by atoms with van der Waals surface area (Å²) in [5.41, 5.74) is 0.554. The quantitative estimate of drug-likeness (QED) is 0.782. The predicted molar refractivity (Wildman–Crippen MR) is 70.1 cm³/mol. The highest BCUT2D eigenvalue weighted by Gasteiger charge is 2.51. The first kappa shape index (κ1) is 11.7. The summed E-state index contributed by atoms with van der Waals surface area (Å²) in [6, 6.07) is 7.79. The molecule has 1 aromatic rings. The highest BCUT2D eigenvalue weighted by Crippen LogP contribution is 2.42. The number of carbonyl (C=O) groups is 2. The molecule has 1 saturated carbocycles. The van der Waals surface area contributed by atoms with Gasteiger partial charge in [0.05, 0.1) is 0 Å². The van der Waals surface area contributed by atoms with Crippen LogP contribution in [-0.4, -0.2) is 17.5 Å². The van der Waals surface area contributed by atoms with Crippen molar-refractivity contribution in [3.05, 3.63) is 34.3 Å². The molecule has 0 unspecified atom stereocenters. The van der Waals surface area contributed by atoms with Crippen LogP contribution in [0.4, 0.5) is 4.79 Å². The van der Waals surface area contributed by atoms with Gasteiger partial charge < -0.3 is 5.32 Å². The van der Waals surface area contributed by atoms with E-state index in [0.29, 0.717) is 18.8 Å². The molecule has 2 fully saturated rings. The molecule has 1 aliphatic carbocycles. The van der Waals surface area contributed by atoms with Crippen molar-refractivity contribution >= 4 is 27.9 Å². The van der Waals surface area contributed by atoms with Gasteiger partial charge in [-0.3, -0.25) is 10.1 Å². The second kappa shape index (κ2) is 4.09. The smallest absolute Gasteiger partial charge is 0.322 e. The molecule has 4 nitrogen and oxygen atoms in total. The van der Waals surface area contributed by atoms with Gasteiger partial charge in [0.15, 0.2) is 0 Å². The summed E-state index contributed by atoms with van der Waals surface area (Å²) in [6.07, 6.45) is 2.33. The van der Waals surface area contributed by atoms with Crippen LogP contribution in [0, 0.1) is 0 Å². The molecule has 1 aromatic carbocycles. The summed E-state index contributed by atoms with van der Waals surface area (Å²) < 4.78 is 1.05. The number of urea groups is 1. The van der Waals surface area contributed by atoms with E-state index in [-0.39, 0.29) is 11.9 Å². The van der Waals surface area contributed by atoms with Crippen LogP contribution >= 0.6 is 15.9 Å². The lowest BCUT2D eigenvalue weighted by Gasteiger charge is -2.19. The minimum absolute atomic E-state index is 0.174. The molecule has 1 heterocycles. The van der Waals surface area contributed by atoms with E-state index < -0.39 is 5.54 Å². The molecule has 1 spiro atoms. The first-order chi connectivity index (χ1) is 8.59. The van der Waals surface area contributed by atoms with Crippen LogP contribution in [0.3, 0.4) is 0 Å². The lowest BCUT2D eigenvalue weighted by molar-refractivity contribution is -0.123. The zero-order valence-corrected chi connectivity index (χ0v) is 11.3. The van der Waals surface area contributed by atoms with Gasteiger partial charge in [-0.1, -0.05) is 28.1 Å². The van der Waals surface area contributed by atoms with E-state index in [1.54, 1.807) is 0 Å². The first-order valence-electron chi connectivity index (χ1n) is 5.98. The van der Waals surface area contributed by atoms with Gasteiger partial charge in [-0.05, 0) is 42.9 Å². The monoisotopic (exact) mass is 308 g/mol. The Morgan fingerprint density at radius 1 is 1.22 bits per heavy atom. The minimum atomic E-state index is -0.672. The Morgan fingerprint density at radius 3 is 2.56 bits per heavy atom. The Hall–Kier alpha value is -1.36. The fourth-order valence-corrected chi connectivity index (χ4v) is 3.18. The highest BCUT2D eigenvalue weighted by molar-refractivity contribution is 9.10. The number of hydrogen-bond acceptors (Lipinski definition) is 2. The Labute approximate surface area is 113 Å². The normalized spacial score (nSPS) is 30.6. The summed E-state index contributed by atoms with van der Waals surface area (Å²) in [4.78, 5) is 23.1. The Kier molecular flexibility index (Phi) is 2.66. The van der Waals surface area contributed by atoms with Gasteiger partial charge in [0.25, 0.3) is 5.91 Å². The highest BCUT2D eigenvalue weighted by atomic mass is 79.9. The summed E-state index contributed by atoms with van der Waals surface area (Å²) in [5.74, 6) is 0.161. The zero-order valence-electron chi connectivity index (χ0n) is 9.70. The van der Waals surface area contributed by atoms with E-state index in [9.17, 15) is 9.59 Å². The van der Waals surface area contributed by atoms with E-state index in [0.717, 1.165) is 10.9 Å². The van der Waals surface area contributed by atoms with E-state index in [4.69, 9.17) is 0 Å². The average molecular weight is 309 g/mol. The minimum Gasteiger partial charge on any atom is -0.323 e. The molecule has 5 heteroatoms. The van der Waals surface area contributed by atoms with Gasteiger partial charge in [-0.15, -0.1) is 0 Å². The second-order valence-electron chi connectivity index (χ2n) is 4.98. The second-order valence-corrected chi connectivity index (χ2v) is 5.90. The lowest BCUT2D eigenvalue weighted by Crippen LogP contribution is -2.44. The number of nitrogens with one attached hydrogen (secondary N) is 2. The summed E-state index contributed by atoms with van der Waals surface area (Å²) in [7, 11) is 0. The zero-order chi connectivity index (χ0) is 12.8. The molecule has 3 rings (SSSR count). The topological polar surface area (TPSA) is 58.2 Å². The number of hydrogen-bond donors (Lipinski definition) is 2. The number of benzene rings is 1. The lowest BCUT2D eigenvalue weighted by atomic mass is 9.92. The van der Waals surface area contributed by atoms with E-state index in [1.807, 2.05) is 12.1 Å². The van der Waals surface area contributed by atoms with Crippen LogP contribution in [0.25, 0.3) is 0 Å². The molecule has 0 aromatic heterocycles. The van der Waals surface area contributed by atoms with Gasteiger partial charge in [0, 0.05) is 4.47 Å². The van der Waals surface area contributed by atoms with Gasteiger partial charge in [-0.25, -0.2) is 4.79 Å². The van der Waals surface area contributed by atoms with Crippen LogP contribution < -0.4 is 10.6 Å². The van der Waals surface area contributed by atoms with Crippen molar-refractivity contribution in [3.63, 3.8) is 0 Å². The maximum absolute atomic E-state index is 11.8. The van der Waals surface area contributed by atoms with Crippen LogP contribution in [0.5, 0.6) is 0 Å². The van der Waals surface area contributed by atoms with Crippen LogP contribution in [0.2, 0.25) is 0 Å². The number of imide groups is 1. The fraction of sp³-hybridized carbons (Fsp3) is 0.385. The van der Waals surface area contributed by atoms with Crippen LogP contribution in [0.15, 0.2) is 28.7 Å². The molecule has 1 saturated heterocycles. The molecule has 2 aliphatic rings. The molecule has 94 valence electrons. The number of carbonyl (C=O) groups excluding carboxylic acids is 2. The van der Waals surface area contributed by atoms with Crippen molar-refractivity contribution in [3.8, 4) is 0 Å². The maximum Gasteiger partial charge on any atom is 0.322 e. The van der Waals surface area contributed by atoms with E-state index >= 15 is 0 Å². The summed E-state index contributed by atoms with van der Waals surface area (Å²) in [5, 5.41) is 5.12. The Bertz CT molecular complexity index is 514. The standard InChI is InChI=1S/C13H13BrN2O2/c14-10-3-1-8(2-4-10)9-5-6-13(7-9)11(17)15-12(18)16-13/h1-4,9H,5-7H2,(H2,15,16,17,18)/t9-,13+/m1/s1. The molecule has 0 bridgehead atoms. The third-order valence-electron chi connectivity index (χ3n) is 3.87. The third kappa shape index (κ3) is 1.82. The number of rotatable bonds is 1. The molecule has 1 aliphatic heterocycles. The van der Waals surface area contributed by atoms with Crippen molar-refractivity contribution in [2.75, 3.05) is 0 Å². The number of amides is 3. The molecular weight excluding hydrogens is 296 g/mol. The van der Waals surface area contributed by atoms with Crippen molar-refractivity contribution < 1.29 is 9.59 Å². The van der Waals surface area contributed by atoms with Gasteiger partial charge in [-0.2, -0.15) is 0 Å². The van der Waals surface area contributed by atoms with Crippen LogP contribution in [-0.2, 0) is 4.79 Å². The molecule has 2 N–H and O–H groups in total. The van der Waals surface area contributed by atoms with E-state index in [2.05, 4.69) is 38.7 Å². The van der Waals surface area contributed by atoms with Gasteiger partial charge in [0.1, 0.15) is 5.54 Å². The molecule has 0 radical (unpaired) electrons. The Balaban J connectivity index is 1.81. The number of halogens is 1. The van der Waals surface area contributed by atoms with Gasteiger partial charge in [0.2, 0.25) is 0 Å². The average Bonchev–Trinajstić information content (AvgIpc) is 2.86. The van der Waals surface area contributed by atoms with Crippen LogP contribution in [0.1, 0.15) is 30.7 Å². The van der Waals surface area contributed by atoms with Crippen molar-refractivity contribution in [1.29, 1.82) is 0 Å². The summed E-state index contributed by atoms with van der Waals surface area (Å²) in [6.45, 7) is 0. The largest absolute Gasteiger partial charge is 0.323 e. The molecule has 18 heavy (non-hydrogen) atoms. The molecular formula is C13H13BrN2O2. The SMILES string of the molecule is O=C1NC(=O)[C@@]2(CC[C@@H](c3ccc(Br)cc3)C2)N1. The van der Waals surface area contributed by atoms with Gasteiger partial charge >= 0.3 is 6.03 Å². The van der Waals surface area contributed by atoms with Crippen molar-refractivity contribution in [2.45, 2.75) is 30.7 Å². The van der Waals surface area contributed by atoms with Crippen molar-refractivity contribution in [1.82, 2.24) is 10.6 Å². The Morgan fingerprint density at radius 2 is 1.94 bits per heavy atom. The summed E-state index contributed by atoms with van der Waals surface area (Å²) >= 11 is 3.41. The predicted octanol–water partition coefficient (Wildman–Crippen LogP) is 2.29.